The minimum atomic E-state index is -0.818. The van der Waals surface area contributed by atoms with Gasteiger partial charge in [-0.3, -0.25) is 9.59 Å². The van der Waals surface area contributed by atoms with Crippen molar-refractivity contribution in [2.75, 3.05) is 44.3 Å². The van der Waals surface area contributed by atoms with Gasteiger partial charge in [0, 0.05) is 31.9 Å². The van der Waals surface area contributed by atoms with Gasteiger partial charge in [-0.15, -0.1) is 0 Å². The summed E-state index contributed by atoms with van der Waals surface area (Å²) in [7, 11) is 0. The molecule has 0 spiro atoms. The van der Waals surface area contributed by atoms with Gasteiger partial charge in [-0.25, -0.2) is 0 Å². The van der Waals surface area contributed by atoms with Crippen LogP contribution in [0.5, 0.6) is 0 Å². The van der Waals surface area contributed by atoms with Gasteiger partial charge in [0.05, 0.1) is 24.2 Å². The summed E-state index contributed by atoms with van der Waals surface area (Å²) >= 11 is 0. The van der Waals surface area contributed by atoms with Gasteiger partial charge in [-0.2, -0.15) is 0 Å². The number of amides is 1. The average Bonchev–Trinajstić information content (AvgIpc) is 2.68. The van der Waals surface area contributed by atoms with Crippen molar-refractivity contribution >= 4 is 17.6 Å². The molecule has 2 heterocycles. The van der Waals surface area contributed by atoms with Gasteiger partial charge in [-0.05, 0) is 31.4 Å². The molecule has 2 saturated heterocycles. The predicted octanol–water partition coefficient (Wildman–Crippen LogP) is 2.24. The number of aliphatic carboxylic acids is 1. The molecule has 3 rings (SSSR count). The molecule has 2 aliphatic rings. The quantitative estimate of drug-likeness (QED) is 0.905. The summed E-state index contributed by atoms with van der Waals surface area (Å²) in [5, 5.41) is 9.66. The number of nitrogens with zero attached hydrogens (tertiary/aromatic N) is 2. The van der Waals surface area contributed by atoms with Crippen LogP contribution < -0.4 is 4.90 Å². The van der Waals surface area contributed by atoms with E-state index in [1.54, 1.807) is 4.90 Å². The summed E-state index contributed by atoms with van der Waals surface area (Å²) in [4.78, 5) is 28.8. The molecule has 25 heavy (non-hydrogen) atoms. The van der Waals surface area contributed by atoms with Crippen LogP contribution in [0.1, 0.15) is 36.5 Å². The zero-order valence-electron chi connectivity index (χ0n) is 14.7. The van der Waals surface area contributed by atoms with E-state index in [2.05, 4.69) is 4.90 Å². The number of hydrogen-bond acceptors (Lipinski definition) is 4. The number of anilines is 1. The Kier molecular flexibility index (Phi) is 5.27. The summed E-state index contributed by atoms with van der Waals surface area (Å²) in [5.74, 6) is -0.866. The van der Waals surface area contributed by atoms with Crippen molar-refractivity contribution in [3.05, 3.63) is 29.8 Å². The Bertz CT molecular complexity index is 642. The number of hydrogen-bond donors (Lipinski definition) is 1. The van der Waals surface area contributed by atoms with Gasteiger partial charge in [0.2, 0.25) is 0 Å². The van der Waals surface area contributed by atoms with E-state index in [1.807, 2.05) is 31.2 Å². The third-order valence-electron chi connectivity index (χ3n) is 5.48. The first-order valence-corrected chi connectivity index (χ1v) is 9.02. The zero-order chi connectivity index (χ0) is 17.9. The van der Waals surface area contributed by atoms with Crippen LogP contribution in [0, 0.1) is 5.41 Å². The number of carbonyl (C=O) groups is 2. The first-order valence-electron chi connectivity index (χ1n) is 9.02. The van der Waals surface area contributed by atoms with Crippen LogP contribution in [0.3, 0.4) is 0 Å². The molecule has 2 fully saturated rings. The topological polar surface area (TPSA) is 70.1 Å². The van der Waals surface area contributed by atoms with Gasteiger partial charge in [0.15, 0.2) is 0 Å². The van der Waals surface area contributed by atoms with Crippen LogP contribution in [0.2, 0.25) is 0 Å². The average molecular weight is 346 g/mol. The van der Waals surface area contributed by atoms with Gasteiger partial charge >= 0.3 is 5.97 Å². The lowest BCUT2D eigenvalue weighted by Gasteiger charge is -2.40. The highest BCUT2D eigenvalue weighted by Crippen LogP contribution is 2.35. The number of carboxylic acid groups (broad SMARTS) is 1. The molecule has 0 saturated carbocycles. The number of carbonyl (C=O) groups excluding carboxylic acids is 1. The van der Waals surface area contributed by atoms with Crippen molar-refractivity contribution in [2.45, 2.75) is 26.2 Å². The largest absolute Gasteiger partial charge is 0.481 e. The molecule has 1 atom stereocenters. The SMILES string of the molecule is CC[C@@]1(C(=O)O)CCCN(C(=O)c2ccccc2N2CCOCC2)C1. The number of rotatable bonds is 4. The third-order valence-corrected chi connectivity index (χ3v) is 5.48. The summed E-state index contributed by atoms with van der Waals surface area (Å²) in [6.45, 7) is 5.63. The van der Waals surface area contributed by atoms with Crippen LogP contribution >= 0.6 is 0 Å². The fourth-order valence-electron chi connectivity index (χ4n) is 3.82. The Morgan fingerprint density at radius 2 is 1.92 bits per heavy atom. The predicted molar refractivity (Wildman–Crippen MR) is 95.0 cm³/mol. The zero-order valence-corrected chi connectivity index (χ0v) is 14.7. The lowest BCUT2D eigenvalue weighted by Crippen LogP contribution is -2.50. The maximum Gasteiger partial charge on any atom is 0.311 e. The lowest BCUT2D eigenvalue weighted by atomic mass is 9.77. The van der Waals surface area contributed by atoms with Crippen LogP contribution in [0.25, 0.3) is 0 Å². The van der Waals surface area contributed by atoms with E-state index >= 15 is 0 Å². The molecule has 1 aromatic rings. The number of likely N-dealkylation sites (tertiary alicyclic amines) is 1. The number of benzene rings is 1. The van der Waals surface area contributed by atoms with Crippen molar-refractivity contribution < 1.29 is 19.4 Å². The molecule has 1 amide bonds. The van der Waals surface area contributed by atoms with E-state index in [0.29, 0.717) is 38.2 Å². The molecule has 0 unspecified atom stereocenters. The molecule has 6 heteroatoms. The summed E-state index contributed by atoms with van der Waals surface area (Å²) in [6.07, 6.45) is 1.90. The van der Waals surface area contributed by atoms with Gasteiger partial charge < -0.3 is 19.6 Å². The molecule has 0 aliphatic carbocycles. The number of carboxylic acids is 1. The Hall–Kier alpha value is -2.08. The highest BCUT2D eigenvalue weighted by atomic mass is 16.5. The molecule has 6 nitrogen and oxygen atoms in total. The van der Waals surface area contributed by atoms with E-state index in [1.165, 1.54) is 0 Å². The Balaban J connectivity index is 1.84. The third kappa shape index (κ3) is 3.49. The Morgan fingerprint density at radius 1 is 1.20 bits per heavy atom. The van der Waals surface area contributed by atoms with Crippen molar-refractivity contribution in [2.24, 2.45) is 5.41 Å². The van der Waals surface area contributed by atoms with Gasteiger partial charge in [0.25, 0.3) is 5.91 Å². The lowest BCUT2D eigenvalue weighted by molar-refractivity contribution is -0.152. The van der Waals surface area contributed by atoms with Gasteiger partial charge in [0.1, 0.15) is 0 Å². The molecule has 1 N–H and O–H groups in total. The Morgan fingerprint density at radius 3 is 2.60 bits per heavy atom. The molecule has 1 aromatic carbocycles. The second-order valence-corrected chi connectivity index (χ2v) is 6.89. The molecular weight excluding hydrogens is 320 g/mol. The fraction of sp³-hybridized carbons (Fsp3) is 0.579. The van der Waals surface area contributed by atoms with E-state index in [9.17, 15) is 14.7 Å². The first-order chi connectivity index (χ1) is 12.1. The number of piperidine rings is 1. The van der Waals surface area contributed by atoms with Crippen LogP contribution in [0.4, 0.5) is 5.69 Å². The molecule has 0 bridgehead atoms. The number of morpholine rings is 1. The number of ether oxygens (including phenoxy) is 1. The maximum atomic E-state index is 13.2. The van der Waals surface area contributed by atoms with E-state index in [-0.39, 0.29) is 12.5 Å². The summed E-state index contributed by atoms with van der Waals surface area (Å²) in [5.41, 5.74) is 0.752. The highest BCUT2D eigenvalue weighted by molar-refractivity contribution is 6.00. The molecule has 2 aliphatic heterocycles. The second kappa shape index (κ2) is 7.44. The second-order valence-electron chi connectivity index (χ2n) is 6.89. The van der Waals surface area contributed by atoms with E-state index < -0.39 is 11.4 Å². The molecular formula is C19H26N2O4. The maximum absolute atomic E-state index is 13.2. The van der Waals surface area contributed by atoms with Crippen molar-refractivity contribution in [1.82, 2.24) is 4.90 Å². The normalized spacial score (nSPS) is 24.2. The van der Waals surface area contributed by atoms with Crippen molar-refractivity contribution in [3.63, 3.8) is 0 Å². The fourth-order valence-corrected chi connectivity index (χ4v) is 3.82. The highest BCUT2D eigenvalue weighted by Gasteiger charge is 2.42. The smallest absolute Gasteiger partial charge is 0.311 e. The van der Waals surface area contributed by atoms with Crippen LogP contribution in [0.15, 0.2) is 24.3 Å². The monoisotopic (exact) mass is 346 g/mol. The number of para-hydroxylation sites is 1. The van der Waals surface area contributed by atoms with Crippen molar-refractivity contribution in [3.8, 4) is 0 Å². The molecule has 0 radical (unpaired) electrons. The summed E-state index contributed by atoms with van der Waals surface area (Å²) in [6, 6.07) is 7.61. The Labute approximate surface area is 148 Å². The van der Waals surface area contributed by atoms with Crippen LogP contribution in [-0.4, -0.2) is 61.3 Å². The standard InChI is InChI=1S/C19H26N2O4/c1-2-19(18(23)24)8-5-9-21(14-19)17(22)15-6-3-4-7-16(15)20-10-12-25-13-11-20/h3-4,6-7H,2,5,8-14H2,1H3,(H,23,24)/t19-/m1/s1. The minimum Gasteiger partial charge on any atom is -0.481 e. The van der Waals surface area contributed by atoms with Crippen LogP contribution in [-0.2, 0) is 9.53 Å². The van der Waals surface area contributed by atoms with E-state index in [4.69, 9.17) is 4.74 Å². The van der Waals surface area contributed by atoms with E-state index in [0.717, 1.165) is 25.2 Å². The minimum absolute atomic E-state index is 0.0686. The first kappa shape index (κ1) is 17.7. The van der Waals surface area contributed by atoms with Crippen molar-refractivity contribution in [1.29, 1.82) is 0 Å². The molecule has 0 aromatic heterocycles. The summed E-state index contributed by atoms with van der Waals surface area (Å²) < 4.78 is 5.40. The van der Waals surface area contributed by atoms with Gasteiger partial charge in [-0.1, -0.05) is 19.1 Å². The molecule has 136 valence electrons.